The number of aliphatic hydroxyl groups is 2. The highest BCUT2D eigenvalue weighted by Gasteiger charge is 2.23. The number of aliphatic hydroxyl groups excluding tert-OH is 2. The first kappa shape index (κ1) is 14.6. The summed E-state index contributed by atoms with van der Waals surface area (Å²) in [6.45, 7) is 1.18. The highest BCUT2D eigenvalue weighted by molar-refractivity contribution is 5.96. The van der Waals surface area contributed by atoms with Gasteiger partial charge in [0.1, 0.15) is 0 Å². The Morgan fingerprint density at radius 3 is 2.70 bits per heavy atom. The number of piperidine rings is 1. The van der Waals surface area contributed by atoms with Crippen molar-refractivity contribution in [3.8, 4) is 11.8 Å². The molecule has 4 heteroatoms. The van der Waals surface area contributed by atoms with E-state index in [1.807, 2.05) is 18.2 Å². The lowest BCUT2D eigenvalue weighted by Crippen LogP contribution is -2.40. The standard InChI is InChI=1S/C16H19NO3/c18-12-4-3-6-13-5-1-2-7-15(13)16(20)17-10-8-14(19)9-11-17/h1-2,5,7,14,18-19H,4,8-12H2. The van der Waals surface area contributed by atoms with Crippen LogP contribution in [0.15, 0.2) is 24.3 Å². The average Bonchev–Trinajstić information content (AvgIpc) is 2.48. The SMILES string of the molecule is O=C(c1ccccc1C#CCCO)N1CCC(O)CC1. The average molecular weight is 273 g/mol. The molecule has 2 rings (SSSR count). The summed E-state index contributed by atoms with van der Waals surface area (Å²) in [5, 5.41) is 18.2. The van der Waals surface area contributed by atoms with Gasteiger partial charge < -0.3 is 15.1 Å². The van der Waals surface area contributed by atoms with E-state index in [0.29, 0.717) is 43.5 Å². The number of likely N-dealkylation sites (tertiary alicyclic amines) is 1. The summed E-state index contributed by atoms with van der Waals surface area (Å²) in [5.74, 6) is 5.75. The number of carbonyl (C=O) groups excluding carboxylic acids is 1. The van der Waals surface area contributed by atoms with E-state index in [-0.39, 0.29) is 18.6 Å². The Kier molecular flexibility index (Phi) is 5.16. The first-order valence-corrected chi connectivity index (χ1v) is 6.88. The minimum absolute atomic E-state index is 0.0210. The van der Waals surface area contributed by atoms with E-state index >= 15 is 0 Å². The van der Waals surface area contributed by atoms with Gasteiger partial charge in [-0.25, -0.2) is 0 Å². The fraction of sp³-hybridized carbons (Fsp3) is 0.438. The first-order chi connectivity index (χ1) is 9.72. The van der Waals surface area contributed by atoms with Crippen molar-refractivity contribution in [3.05, 3.63) is 35.4 Å². The molecule has 1 aromatic rings. The lowest BCUT2D eigenvalue weighted by Gasteiger charge is -2.29. The summed E-state index contributed by atoms with van der Waals surface area (Å²) in [7, 11) is 0. The normalized spacial score (nSPS) is 15.6. The van der Waals surface area contributed by atoms with Crippen LogP contribution in [0.25, 0.3) is 0 Å². The maximum absolute atomic E-state index is 12.5. The Hall–Kier alpha value is -1.83. The number of amides is 1. The third-order valence-corrected chi connectivity index (χ3v) is 3.37. The van der Waals surface area contributed by atoms with Crippen LogP contribution in [0.3, 0.4) is 0 Å². The molecule has 0 unspecified atom stereocenters. The van der Waals surface area contributed by atoms with Crippen LogP contribution in [0.2, 0.25) is 0 Å². The molecule has 1 fully saturated rings. The van der Waals surface area contributed by atoms with Gasteiger partial charge in [0.2, 0.25) is 0 Å². The Morgan fingerprint density at radius 2 is 2.00 bits per heavy atom. The van der Waals surface area contributed by atoms with E-state index in [1.165, 1.54) is 0 Å². The van der Waals surface area contributed by atoms with Crippen molar-refractivity contribution in [1.29, 1.82) is 0 Å². The zero-order chi connectivity index (χ0) is 14.4. The van der Waals surface area contributed by atoms with Crippen LogP contribution in [-0.2, 0) is 0 Å². The molecule has 0 aliphatic carbocycles. The minimum Gasteiger partial charge on any atom is -0.395 e. The highest BCUT2D eigenvalue weighted by Crippen LogP contribution is 2.16. The molecule has 0 radical (unpaired) electrons. The first-order valence-electron chi connectivity index (χ1n) is 6.88. The van der Waals surface area contributed by atoms with Gasteiger partial charge in [0.15, 0.2) is 0 Å². The molecule has 1 aliphatic rings. The molecule has 4 nitrogen and oxygen atoms in total. The van der Waals surface area contributed by atoms with Crippen LogP contribution >= 0.6 is 0 Å². The van der Waals surface area contributed by atoms with Crippen LogP contribution in [0.5, 0.6) is 0 Å². The number of rotatable bonds is 2. The zero-order valence-corrected chi connectivity index (χ0v) is 11.4. The van der Waals surface area contributed by atoms with Gasteiger partial charge in [-0.15, -0.1) is 0 Å². The monoisotopic (exact) mass is 273 g/mol. The zero-order valence-electron chi connectivity index (χ0n) is 11.4. The smallest absolute Gasteiger partial charge is 0.255 e. The third-order valence-electron chi connectivity index (χ3n) is 3.37. The van der Waals surface area contributed by atoms with Crippen molar-refractivity contribution in [2.45, 2.75) is 25.4 Å². The van der Waals surface area contributed by atoms with E-state index in [9.17, 15) is 9.90 Å². The molecule has 0 aromatic heterocycles. The molecular weight excluding hydrogens is 254 g/mol. The lowest BCUT2D eigenvalue weighted by atomic mass is 10.0. The Balaban J connectivity index is 2.16. The summed E-state index contributed by atoms with van der Waals surface area (Å²) >= 11 is 0. The van der Waals surface area contributed by atoms with Gasteiger partial charge in [-0.1, -0.05) is 24.0 Å². The topological polar surface area (TPSA) is 60.8 Å². The van der Waals surface area contributed by atoms with Crippen LogP contribution in [-0.4, -0.2) is 46.8 Å². The highest BCUT2D eigenvalue weighted by atomic mass is 16.3. The largest absolute Gasteiger partial charge is 0.395 e. The quantitative estimate of drug-likeness (QED) is 0.791. The van der Waals surface area contributed by atoms with Crippen molar-refractivity contribution >= 4 is 5.91 Å². The number of hydrogen-bond donors (Lipinski definition) is 2. The molecule has 0 atom stereocenters. The number of benzene rings is 1. The predicted molar refractivity (Wildman–Crippen MR) is 76.2 cm³/mol. The van der Waals surface area contributed by atoms with Crippen molar-refractivity contribution in [3.63, 3.8) is 0 Å². The molecule has 2 N–H and O–H groups in total. The van der Waals surface area contributed by atoms with Crippen molar-refractivity contribution in [2.75, 3.05) is 19.7 Å². The van der Waals surface area contributed by atoms with Gasteiger partial charge in [0.05, 0.1) is 18.3 Å². The van der Waals surface area contributed by atoms with Gasteiger partial charge in [0.25, 0.3) is 5.91 Å². The second-order valence-corrected chi connectivity index (χ2v) is 4.84. The molecule has 1 aromatic carbocycles. The van der Waals surface area contributed by atoms with E-state index < -0.39 is 0 Å². The molecule has 1 heterocycles. The molecule has 106 valence electrons. The molecule has 0 bridgehead atoms. The van der Waals surface area contributed by atoms with Gasteiger partial charge in [-0.3, -0.25) is 4.79 Å². The molecule has 1 saturated heterocycles. The number of hydrogen-bond acceptors (Lipinski definition) is 3. The Morgan fingerprint density at radius 1 is 1.30 bits per heavy atom. The molecular formula is C16H19NO3. The van der Waals surface area contributed by atoms with Crippen LogP contribution in [0.1, 0.15) is 35.2 Å². The van der Waals surface area contributed by atoms with E-state index in [0.717, 1.165) is 0 Å². The number of nitrogens with zero attached hydrogens (tertiary/aromatic N) is 1. The van der Waals surface area contributed by atoms with Gasteiger partial charge in [-0.05, 0) is 25.0 Å². The predicted octanol–water partition coefficient (Wildman–Crippen LogP) is 1.02. The van der Waals surface area contributed by atoms with E-state index in [2.05, 4.69) is 11.8 Å². The van der Waals surface area contributed by atoms with Crippen molar-refractivity contribution in [2.24, 2.45) is 0 Å². The molecule has 1 amide bonds. The molecule has 20 heavy (non-hydrogen) atoms. The fourth-order valence-electron chi connectivity index (χ4n) is 2.23. The maximum atomic E-state index is 12.5. The minimum atomic E-state index is -0.293. The summed E-state index contributed by atoms with van der Waals surface area (Å²) in [5.41, 5.74) is 1.28. The summed E-state index contributed by atoms with van der Waals surface area (Å²) in [6, 6.07) is 7.26. The second kappa shape index (κ2) is 7.09. The maximum Gasteiger partial charge on any atom is 0.255 e. The third kappa shape index (κ3) is 3.60. The summed E-state index contributed by atoms with van der Waals surface area (Å²) < 4.78 is 0. The van der Waals surface area contributed by atoms with Gasteiger partial charge in [-0.2, -0.15) is 0 Å². The van der Waals surface area contributed by atoms with Crippen LogP contribution in [0.4, 0.5) is 0 Å². The van der Waals surface area contributed by atoms with Gasteiger partial charge in [0, 0.05) is 25.1 Å². The summed E-state index contributed by atoms with van der Waals surface area (Å²) in [4.78, 5) is 14.3. The lowest BCUT2D eigenvalue weighted by molar-refractivity contribution is 0.0546. The van der Waals surface area contributed by atoms with Crippen molar-refractivity contribution < 1.29 is 15.0 Å². The second-order valence-electron chi connectivity index (χ2n) is 4.84. The van der Waals surface area contributed by atoms with E-state index in [1.54, 1.807) is 11.0 Å². The van der Waals surface area contributed by atoms with Gasteiger partial charge >= 0.3 is 0 Å². The molecule has 0 saturated carbocycles. The molecule has 1 aliphatic heterocycles. The van der Waals surface area contributed by atoms with E-state index in [4.69, 9.17) is 5.11 Å². The Bertz CT molecular complexity index is 522. The molecule has 0 spiro atoms. The van der Waals surface area contributed by atoms with Crippen LogP contribution < -0.4 is 0 Å². The summed E-state index contributed by atoms with van der Waals surface area (Å²) in [6.07, 6.45) is 1.37. The number of carbonyl (C=O) groups is 1. The van der Waals surface area contributed by atoms with Crippen molar-refractivity contribution in [1.82, 2.24) is 4.90 Å². The Labute approximate surface area is 119 Å². The van der Waals surface area contributed by atoms with Crippen LogP contribution in [0, 0.1) is 11.8 Å². The fourth-order valence-corrected chi connectivity index (χ4v) is 2.23.